The summed E-state index contributed by atoms with van der Waals surface area (Å²) in [7, 11) is 1.53. The molecule has 0 aliphatic rings. The van der Waals surface area contributed by atoms with Gasteiger partial charge >= 0.3 is 0 Å². The Bertz CT molecular complexity index is 889. The van der Waals surface area contributed by atoms with E-state index < -0.39 is 0 Å². The first-order chi connectivity index (χ1) is 11.6. The first-order valence-corrected chi connectivity index (χ1v) is 7.32. The molecule has 7 nitrogen and oxygen atoms in total. The predicted molar refractivity (Wildman–Crippen MR) is 88.3 cm³/mol. The Labute approximate surface area is 138 Å². The second kappa shape index (κ2) is 6.41. The highest BCUT2D eigenvalue weighted by Crippen LogP contribution is 2.31. The summed E-state index contributed by atoms with van der Waals surface area (Å²) in [6.07, 6.45) is 0. The van der Waals surface area contributed by atoms with Crippen molar-refractivity contribution < 1.29 is 15.0 Å². The average molecular weight is 324 g/mol. The van der Waals surface area contributed by atoms with E-state index in [1.165, 1.54) is 23.9 Å². The lowest BCUT2D eigenvalue weighted by molar-refractivity contribution is -0.121. The average Bonchev–Trinajstić information content (AvgIpc) is 2.99. The highest BCUT2D eigenvalue weighted by atomic mass is 16.3. The number of rotatable bonds is 4. The molecule has 0 unspecified atom stereocenters. The normalized spacial score (nSPS) is 10.5. The smallest absolute Gasteiger partial charge is 0.241 e. The number of aromatic hydroxyl groups is 2. The summed E-state index contributed by atoms with van der Waals surface area (Å²) < 4.78 is 1.40. The number of benzene rings is 2. The van der Waals surface area contributed by atoms with Crippen LogP contribution < -0.4 is 5.32 Å². The van der Waals surface area contributed by atoms with Crippen LogP contribution in [0.4, 0.5) is 0 Å². The number of nitrogens with one attached hydrogen (secondary N) is 1. The van der Waals surface area contributed by atoms with Crippen LogP contribution in [-0.4, -0.2) is 37.9 Å². The van der Waals surface area contributed by atoms with Crippen LogP contribution in [0.25, 0.3) is 22.8 Å². The molecular formula is C17H16N4O3. The maximum atomic E-state index is 11.8. The summed E-state index contributed by atoms with van der Waals surface area (Å²) >= 11 is 0. The van der Waals surface area contributed by atoms with Gasteiger partial charge in [-0.1, -0.05) is 24.3 Å². The molecule has 122 valence electrons. The van der Waals surface area contributed by atoms with Crippen molar-refractivity contribution in [3.05, 3.63) is 48.5 Å². The molecule has 2 aromatic carbocycles. The van der Waals surface area contributed by atoms with Gasteiger partial charge in [-0.2, -0.15) is 0 Å². The number of hydrogen-bond donors (Lipinski definition) is 3. The minimum atomic E-state index is -0.250. The van der Waals surface area contributed by atoms with Crippen molar-refractivity contribution in [1.29, 1.82) is 0 Å². The van der Waals surface area contributed by atoms with Crippen LogP contribution in [0.1, 0.15) is 0 Å². The van der Waals surface area contributed by atoms with Gasteiger partial charge in [0, 0.05) is 7.05 Å². The first kappa shape index (κ1) is 15.5. The Morgan fingerprint density at radius 2 is 1.62 bits per heavy atom. The molecule has 24 heavy (non-hydrogen) atoms. The Hall–Kier alpha value is -3.35. The highest BCUT2D eigenvalue weighted by molar-refractivity contribution is 5.77. The van der Waals surface area contributed by atoms with Gasteiger partial charge in [0.15, 0.2) is 11.6 Å². The lowest BCUT2D eigenvalue weighted by Crippen LogP contribution is -2.24. The number of phenolic OH excluding ortho intramolecular Hbond substituents is 2. The predicted octanol–water partition coefficient (Wildman–Crippen LogP) is 1.77. The molecule has 0 bridgehead atoms. The topological polar surface area (TPSA) is 100 Å². The van der Waals surface area contributed by atoms with Crippen molar-refractivity contribution in [2.24, 2.45) is 0 Å². The fourth-order valence-electron chi connectivity index (χ4n) is 2.31. The van der Waals surface area contributed by atoms with E-state index in [0.29, 0.717) is 17.0 Å². The highest BCUT2D eigenvalue weighted by Gasteiger charge is 2.19. The molecule has 0 saturated carbocycles. The molecule has 3 rings (SSSR count). The van der Waals surface area contributed by atoms with Crippen LogP contribution in [0, 0.1) is 0 Å². The molecule has 7 heteroatoms. The van der Waals surface area contributed by atoms with E-state index in [9.17, 15) is 15.0 Å². The standard InChI is InChI=1S/C17H16N4O3/c1-18-15(24)10-21-17(12-7-3-5-9-14(12)23)19-16(20-21)11-6-2-4-8-13(11)22/h2-9,22-23H,10H2,1H3,(H,18,24). The fraction of sp³-hybridized carbons (Fsp3) is 0.118. The quantitative estimate of drug-likeness (QED) is 0.679. The number of carbonyl (C=O) groups is 1. The van der Waals surface area contributed by atoms with E-state index >= 15 is 0 Å². The zero-order chi connectivity index (χ0) is 17.1. The SMILES string of the molecule is CNC(=O)Cn1nc(-c2ccccc2O)nc1-c1ccccc1O. The Kier molecular flexibility index (Phi) is 4.15. The summed E-state index contributed by atoms with van der Waals surface area (Å²) in [4.78, 5) is 16.2. The Morgan fingerprint density at radius 1 is 1.04 bits per heavy atom. The van der Waals surface area contributed by atoms with E-state index in [2.05, 4.69) is 15.4 Å². The van der Waals surface area contributed by atoms with E-state index in [1.807, 2.05) is 0 Å². The van der Waals surface area contributed by atoms with E-state index in [-0.39, 0.29) is 29.8 Å². The van der Waals surface area contributed by atoms with Gasteiger partial charge in [-0.25, -0.2) is 9.67 Å². The van der Waals surface area contributed by atoms with Gasteiger partial charge in [0.2, 0.25) is 5.91 Å². The monoisotopic (exact) mass is 324 g/mol. The number of carbonyl (C=O) groups excluding carboxylic acids is 1. The molecule has 0 radical (unpaired) electrons. The molecule has 0 atom stereocenters. The molecule has 1 heterocycles. The van der Waals surface area contributed by atoms with Crippen molar-refractivity contribution in [3.63, 3.8) is 0 Å². The number of likely N-dealkylation sites (N-methyl/N-ethyl adjacent to an activating group) is 1. The molecular weight excluding hydrogens is 308 g/mol. The van der Waals surface area contributed by atoms with Gasteiger partial charge in [-0.05, 0) is 24.3 Å². The maximum absolute atomic E-state index is 11.8. The lowest BCUT2D eigenvalue weighted by atomic mass is 10.2. The number of aromatic nitrogens is 3. The van der Waals surface area contributed by atoms with E-state index in [4.69, 9.17) is 0 Å². The third-order valence-corrected chi connectivity index (χ3v) is 3.53. The third-order valence-electron chi connectivity index (χ3n) is 3.53. The minimum absolute atomic E-state index is 0.0342. The largest absolute Gasteiger partial charge is 0.507 e. The molecule has 1 aromatic heterocycles. The van der Waals surface area contributed by atoms with Gasteiger partial charge < -0.3 is 15.5 Å². The maximum Gasteiger partial charge on any atom is 0.241 e. The molecule has 1 amide bonds. The van der Waals surface area contributed by atoms with Gasteiger partial charge in [0.1, 0.15) is 18.0 Å². The van der Waals surface area contributed by atoms with E-state index in [0.717, 1.165) is 0 Å². The van der Waals surface area contributed by atoms with Gasteiger partial charge in [0.05, 0.1) is 11.1 Å². The molecule has 3 N–H and O–H groups in total. The molecule has 0 fully saturated rings. The zero-order valence-corrected chi connectivity index (χ0v) is 13.0. The number of phenols is 2. The summed E-state index contributed by atoms with van der Waals surface area (Å²) in [6, 6.07) is 13.4. The van der Waals surface area contributed by atoms with Crippen LogP contribution in [0.5, 0.6) is 11.5 Å². The molecule has 0 saturated heterocycles. The second-order valence-corrected chi connectivity index (χ2v) is 5.12. The summed E-state index contributed by atoms with van der Waals surface area (Å²) in [5.74, 6) is 0.441. The van der Waals surface area contributed by atoms with Gasteiger partial charge in [0.25, 0.3) is 0 Å². The number of hydrogen-bond acceptors (Lipinski definition) is 5. The molecule has 3 aromatic rings. The fourth-order valence-corrected chi connectivity index (χ4v) is 2.31. The van der Waals surface area contributed by atoms with Crippen molar-refractivity contribution >= 4 is 5.91 Å². The molecule has 0 aliphatic heterocycles. The molecule has 0 aliphatic carbocycles. The van der Waals surface area contributed by atoms with Crippen LogP contribution in [0.2, 0.25) is 0 Å². The second-order valence-electron chi connectivity index (χ2n) is 5.12. The minimum Gasteiger partial charge on any atom is -0.507 e. The first-order valence-electron chi connectivity index (χ1n) is 7.32. The van der Waals surface area contributed by atoms with Crippen LogP contribution >= 0.6 is 0 Å². The lowest BCUT2D eigenvalue weighted by Gasteiger charge is -2.06. The summed E-state index contributed by atoms with van der Waals surface area (Å²) in [5.41, 5.74) is 0.903. The number of nitrogens with zero attached hydrogens (tertiary/aromatic N) is 3. The van der Waals surface area contributed by atoms with Crippen molar-refractivity contribution in [2.75, 3.05) is 7.05 Å². The van der Waals surface area contributed by atoms with Gasteiger partial charge in [-0.15, -0.1) is 5.10 Å². The Balaban J connectivity index is 2.15. The summed E-state index contributed by atoms with van der Waals surface area (Å²) in [5, 5.41) is 26.9. The zero-order valence-electron chi connectivity index (χ0n) is 13.0. The van der Waals surface area contributed by atoms with Crippen molar-refractivity contribution in [3.8, 4) is 34.3 Å². The number of amides is 1. The van der Waals surface area contributed by atoms with Crippen LogP contribution in [0.3, 0.4) is 0 Å². The number of para-hydroxylation sites is 2. The molecule has 0 spiro atoms. The van der Waals surface area contributed by atoms with Crippen LogP contribution in [0.15, 0.2) is 48.5 Å². The van der Waals surface area contributed by atoms with Crippen molar-refractivity contribution in [2.45, 2.75) is 6.54 Å². The van der Waals surface area contributed by atoms with Gasteiger partial charge in [-0.3, -0.25) is 4.79 Å². The Morgan fingerprint density at radius 3 is 2.21 bits per heavy atom. The third kappa shape index (κ3) is 2.91. The summed E-state index contributed by atoms with van der Waals surface area (Å²) in [6.45, 7) is -0.0548. The van der Waals surface area contributed by atoms with E-state index in [1.54, 1.807) is 36.4 Å². The van der Waals surface area contributed by atoms with Crippen LogP contribution in [-0.2, 0) is 11.3 Å². The van der Waals surface area contributed by atoms with Crippen molar-refractivity contribution in [1.82, 2.24) is 20.1 Å².